The monoisotopic (exact) mass is 275 g/mol. The standard InChI is InChI=1S/C18H29NO/c1-3-15-6-4-5-7-17(15)18(19)13-10-14-8-11-16(20-2)12-9-14/h8-9,11-12,15,17-18H,3-7,10,13,19H2,1-2H3. The summed E-state index contributed by atoms with van der Waals surface area (Å²) < 4.78 is 5.19. The van der Waals surface area contributed by atoms with E-state index in [2.05, 4.69) is 19.1 Å². The molecule has 1 fully saturated rings. The third-order valence-electron chi connectivity index (χ3n) is 4.97. The molecule has 0 spiro atoms. The van der Waals surface area contributed by atoms with Gasteiger partial charge in [0.05, 0.1) is 7.11 Å². The van der Waals surface area contributed by atoms with Gasteiger partial charge in [0, 0.05) is 6.04 Å². The summed E-state index contributed by atoms with van der Waals surface area (Å²) in [6, 6.07) is 8.75. The molecule has 0 aromatic heterocycles. The van der Waals surface area contributed by atoms with Crippen molar-refractivity contribution in [2.24, 2.45) is 17.6 Å². The van der Waals surface area contributed by atoms with Gasteiger partial charge >= 0.3 is 0 Å². The van der Waals surface area contributed by atoms with Crippen molar-refractivity contribution in [2.45, 2.75) is 57.9 Å². The van der Waals surface area contributed by atoms with Crippen molar-refractivity contribution in [3.05, 3.63) is 29.8 Å². The lowest BCUT2D eigenvalue weighted by Crippen LogP contribution is -2.37. The number of hydrogen-bond acceptors (Lipinski definition) is 2. The summed E-state index contributed by atoms with van der Waals surface area (Å²) in [6.45, 7) is 2.32. The zero-order chi connectivity index (χ0) is 14.4. The maximum absolute atomic E-state index is 6.49. The third-order valence-corrected chi connectivity index (χ3v) is 4.97. The number of aryl methyl sites for hydroxylation is 1. The first kappa shape index (κ1) is 15.4. The number of rotatable bonds is 6. The molecule has 0 saturated heterocycles. The van der Waals surface area contributed by atoms with Crippen molar-refractivity contribution in [3.8, 4) is 5.75 Å². The first-order chi connectivity index (χ1) is 9.74. The van der Waals surface area contributed by atoms with Crippen LogP contribution in [0.3, 0.4) is 0 Å². The Morgan fingerprint density at radius 2 is 1.90 bits per heavy atom. The van der Waals surface area contributed by atoms with Gasteiger partial charge in [-0.3, -0.25) is 0 Å². The average molecular weight is 275 g/mol. The van der Waals surface area contributed by atoms with Gasteiger partial charge in [-0.15, -0.1) is 0 Å². The summed E-state index contributed by atoms with van der Waals surface area (Å²) in [4.78, 5) is 0. The zero-order valence-corrected chi connectivity index (χ0v) is 13.0. The van der Waals surface area contributed by atoms with E-state index in [1.807, 2.05) is 12.1 Å². The van der Waals surface area contributed by atoms with Gasteiger partial charge in [0.25, 0.3) is 0 Å². The molecule has 0 heterocycles. The van der Waals surface area contributed by atoms with Crippen LogP contribution in [0.2, 0.25) is 0 Å². The molecule has 0 radical (unpaired) electrons. The Bertz CT molecular complexity index is 387. The number of hydrogen-bond donors (Lipinski definition) is 1. The zero-order valence-electron chi connectivity index (χ0n) is 13.0. The molecular formula is C18H29NO. The summed E-state index contributed by atoms with van der Waals surface area (Å²) in [5.41, 5.74) is 7.86. The quantitative estimate of drug-likeness (QED) is 0.845. The Hall–Kier alpha value is -1.02. The lowest BCUT2D eigenvalue weighted by molar-refractivity contribution is 0.190. The number of benzene rings is 1. The van der Waals surface area contributed by atoms with Crippen molar-refractivity contribution in [2.75, 3.05) is 7.11 Å². The fourth-order valence-electron chi connectivity index (χ4n) is 3.65. The highest BCUT2D eigenvalue weighted by atomic mass is 16.5. The largest absolute Gasteiger partial charge is 0.497 e. The topological polar surface area (TPSA) is 35.2 Å². The fourth-order valence-corrected chi connectivity index (χ4v) is 3.65. The molecule has 0 aliphatic heterocycles. The SMILES string of the molecule is CCC1CCCCC1C(N)CCc1ccc(OC)cc1. The van der Waals surface area contributed by atoms with E-state index in [0.29, 0.717) is 6.04 Å². The van der Waals surface area contributed by atoms with E-state index in [1.54, 1.807) is 7.11 Å². The number of nitrogens with two attached hydrogens (primary N) is 1. The maximum Gasteiger partial charge on any atom is 0.118 e. The molecular weight excluding hydrogens is 246 g/mol. The predicted molar refractivity (Wildman–Crippen MR) is 85.0 cm³/mol. The lowest BCUT2D eigenvalue weighted by Gasteiger charge is -2.35. The molecule has 2 rings (SSSR count). The molecule has 0 bridgehead atoms. The minimum atomic E-state index is 0.363. The van der Waals surface area contributed by atoms with Gasteiger partial charge in [0.15, 0.2) is 0 Å². The highest BCUT2D eigenvalue weighted by Crippen LogP contribution is 2.35. The molecule has 3 atom stereocenters. The van der Waals surface area contributed by atoms with Crippen LogP contribution in [0.25, 0.3) is 0 Å². The van der Waals surface area contributed by atoms with Crippen molar-refractivity contribution in [3.63, 3.8) is 0 Å². The van der Waals surface area contributed by atoms with Crippen LogP contribution in [0.15, 0.2) is 24.3 Å². The van der Waals surface area contributed by atoms with Crippen LogP contribution in [-0.2, 0) is 6.42 Å². The van der Waals surface area contributed by atoms with E-state index in [-0.39, 0.29) is 0 Å². The Morgan fingerprint density at radius 1 is 1.20 bits per heavy atom. The van der Waals surface area contributed by atoms with Gasteiger partial charge in [-0.2, -0.15) is 0 Å². The Labute approximate surface area is 123 Å². The van der Waals surface area contributed by atoms with Crippen LogP contribution in [0.1, 0.15) is 51.0 Å². The molecule has 2 N–H and O–H groups in total. The van der Waals surface area contributed by atoms with Crippen LogP contribution in [0.5, 0.6) is 5.75 Å². The molecule has 1 aromatic carbocycles. The van der Waals surface area contributed by atoms with E-state index in [1.165, 1.54) is 37.7 Å². The smallest absolute Gasteiger partial charge is 0.118 e. The molecule has 112 valence electrons. The summed E-state index contributed by atoms with van der Waals surface area (Å²) in [6.07, 6.45) is 8.98. The second kappa shape index (κ2) is 7.68. The fraction of sp³-hybridized carbons (Fsp3) is 0.667. The summed E-state index contributed by atoms with van der Waals surface area (Å²) in [5, 5.41) is 0. The molecule has 2 nitrogen and oxygen atoms in total. The molecule has 1 aliphatic carbocycles. The molecule has 3 unspecified atom stereocenters. The van der Waals surface area contributed by atoms with Gasteiger partial charge in [-0.1, -0.05) is 44.7 Å². The minimum Gasteiger partial charge on any atom is -0.497 e. The van der Waals surface area contributed by atoms with E-state index in [4.69, 9.17) is 10.5 Å². The van der Waals surface area contributed by atoms with E-state index in [9.17, 15) is 0 Å². The average Bonchev–Trinajstić information content (AvgIpc) is 2.53. The Morgan fingerprint density at radius 3 is 2.55 bits per heavy atom. The minimum absolute atomic E-state index is 0.363. The molecule has 1 aromatic rings. The normalized spacial score (nSPS) is 24.4. The van der Waals surface area contributed by atoms with Crippen LogP contribution in [-0.4, -0.2) is 13.2 Å². The summed E-state index contributed by atoms with van der Waals surface area (Å²) >= 11 is 0. The second-order valence-corrected chi connectivity index (χ2v) is 6.17. The molecule has 2 heteroatoms. The van der Waals surface area contributed by atoms with Crippen LogP contribution in [0, 0.1) is 11.8 Å². The lowest BCUT2D eigenvalue weighted by atomic mass is 9.73. The van der Waals surface area contributed by atoms with Crippen LogP contribution >= 0.6 is 0 Å². The molecule has 1 saturated carbocycles. The first-order valence-corrected chi connectivity index (χ1v) is 8.13. The highest BCUT2D eigenvalue weighted by Gasteiger charge is 2.28. The molecule has 20 heavy (non-hydrogen) atoms. The van der Waals surface area contributed by atoms with Gasteiger partial charge in [-0.05, 0) is 48.8 Å². The summed E-state index contributed by atoms with van der Waals surface area (Å²) in [7, 11) is 1.71. The van der Waals surface area contributed by atoms with E-state index >= 15 is 0 Å². The van der Waals surface area contributed by atoms with Crippen molar-refractivity contribution < 1.29 is 4.74 Å². The second-order valence-electron chi connectivity index (χ2n) is 6.17. The highest BCUT2D eigenvalue weighted by molar-refractivity contribution is 5.27. The third kappa shape index (κ3) is 3.99. The van der Waals surface area contributed by atoms with E-state index < -0.39 is 0 Å². The molecule has 1 aliphatic rings. The van der Waals surface area contributed by atoms with Gasteiger partial charge in [0.2, 0.25) is 0 Å². The number of methoxy groups -OCH3 is 1. The van der Waals surface area contributed by atoms with Crippen LogP contribution < -0.4 is 10.5 Å². The van der Waals surface area contributed by atoms with Crippen molar-refractivity contribution in [1.82, 2.24) is 0 Å². The molecule has 0 amide bonds. The maximum atomic E-state index is 6.49. The van der Waals surface area contributed by atoms with Crippen LogP contribution in [0.4, 0.5) is 0 Å². The van der Waals surface area contributed by atoms with Gasteiger partial charge in [-0.25, -0.2) is 0 Å². The first-order valence-electron chi connectivity index (χ1n) is 8.13. The predicted octanol–water partition coefficient (Wildman–Crippen LogP) is 4.17. The Balaban J connectivity index is 1.85. The van der Waals surface area contributed by atoms with Crippen molar-refractivity contribution >= 4 is 0 Å². The van der Waals surface area contributed by atoms with Gasteiger partial charge in [0.1, 0.15) is 5.75 Å². The van der Waals surface area contributed by atoms with E-state index in [0.717, 1.165) is 30.4 Å². The number of ether oxygens (including phenoxy) is 1. The van der Waals surface area contributed by atoms with Crippen molar-refractivity contribution in [1.29, 1.82) is 0 Å². The Kier molecular flexibility index (Phi) is 5.90. The summed E-state index contributed by atoms with van der Waals surface area (Å²) in [5.74, 6) is 2.53. The van der Waals surface area contributed by atoms with Gasteiger partial charge < -0.3 is 10.5 Å².